The predicted molar refractivity (Wildman–Crippen MR) is 103 cm³/mol. The Morgan fingerprint density at radius 3 is 2.48 bits per heavy atom. The van der Waals surface area contributed by atoms with Crippen molar-refractivity contribution in [2.45, 2.75) is 38.0 Å². The van der Waals surface area contributed by atoms with Crippen LogP contribution < -0.4 is 4.31 Å². The molecule has 0 saturated heterocycles. The van der Waals surface area contributed by atoms with Gasteiger partial charge in [-0.3, -0.25) is 9.10 Å². The van der Waals surface area contributed by atoms with Crippen LogP contribution in [0.4, 0.5) is 5.69 Å². The molecule has 1 unspecified atom stereocenters. The Bertz CT molecular complexity index is 1010. The molecule has 144 valence electrons. The second kappa shape index (κ2) is 6.98. The molecule has 0 saturated carbocycles. The van der Waals surface area contributed by atoms with Crippen molar-refractivity contribution < 1.29 is 23.4 Å². The maximum Gasteiger partial charge on any atom is 0.307 e. The summed E-state index contributed by atoms with van der Waals surface area (Å²) in [6.45, 7) is 5.21. The third-order valence-corrected chi connectivity index (χ3v) is 7.26. The first-order valence-corrected chi connectivity index (χ1v) is 10.2. The molecule has 1 heterocycles. The smallest absolute Gasteiger partial charge is 0.307 e. The number of para-hydroxylation sites is 1. The average molecular weight is 389 g/mol. The number of sulfonamides is 1. The number of rotatable bonds is 5. The number of aliphatic hydroxyl groups excluding tert-OH is 1. The van der Waals surface area contributed by atoms with E-state index in [0.29, 0.717) is 22.4 Å². The number of benzene rings is 2. The number of nitrogens with zero attached hydrogens (tertiary/aromatic N) is 1. The van der Waals surface area contributed by atoms with Gasteiger partial charge in [0.05, 0.1) is 23.6 Å². The lowest BCUT2D eigenvalue weighted by Gasteiger charge is -2.24. The molecular weight excluding hydrogens is 366 g/mol. The summed E-state index contributed by atoms with van der Waals surface area (Å²) in [5, 5.41) is 18.9. The van der Waals surface area contributed by atoms with Gasteiger partial charge in [0.1, 0.15) is 0 Å². The number of aliphatic carboxylic acids is 1. The van der Waals surface area contributed by atoms with Gasteiger partial charge in [-0.05, 0) is 54.7 Å². The van der Waals surface area contributed by atoms with Crippen LogP contribution in [0.2, 0.25) is 0 Å². The summed E-state index contributed by atoms with van der Waals surface area (Å²) in [6, 6.07) is 8.89. The minimum absolute atomic E-state index is 0.140. The number of anilines is 1. The average Bonchev–Trinajstić information content (AvgIpc) is 2.97. The summed E-state index contributed by atoms with van der Waals surface area (Å²) in [4.78, 5) is 11.4. The van der Waals surface area contributed by atoms with Gasteiger partial charge in [0, 0.05) is 12.5 Å². The third-order valence-electron chi connectivity index (χ3n) is 5.19. The molecule has 2 aromatic rings. The summed E-state index contributed by atoms with van der Waals surface area (Å²) in [6.07, 6.45) is -0.226. The van der Waals surface area contributed by atoms with Gasteiger partial charge in [0.2, 0.25) is 0 Å². The van der Waals surface area contributed by atoms with Crippen LogP contribution in [0.5, 0.6) is 0 Å². The molecule has 1 aliphatic heterocycles. The fourth-order valence-electron chi connectivity index (χ4n) is 3.98. The van der Waals surface area contributed by atoms with Gasteiger partial charge in [-0.1, -0.05) is 24.3 Å². The molecule has 1 aliphatic rings. The topological polar surface area (TPSA) is 94.9 Å². The van der Waals surface area contributed by atoms with Crippen LogP contribution in [-0.2, 0) is 21.2 Å². The Hall–Kier alpha value is -2.38. The number of aryl methyl sites for hydroxylation is 2. The van der Waals surface area contributed by atoms with Gasteiger partial charge >= 0.3 is 5.97 Å². The summed E-state index contributed by atoms with van der Waals surface area (Å²) in [7, 11) is -3.90. The Morgan fingerprint density at radius 2 is 1.85 bits per heavy atom. The van der Waals surface area contributed by atoms with Gasteiger partial charge in [-0.2, -0.15) is 0 Å². The molecule has 0 spiro atoms. The van der Waals surface area contributed by atoms with Crippen LogP contribution in [0.1, 0.15) is 33.7 Å². The van der Waals surface area contributed by atoms with Crippen molar-refractivity contribution in [3.8, 4) is 0 Å². The number of carboxylic acids is 1. The largest absolute Gasteiger partial charge is 0.481 e. The molecule has 6 nitrogen and oxygen atoms in total. The van der Waals surface area contributed by atoms with E-state index in [9.17, 15) is 23.4 Å². The molecule has 27 heavy (non-hydrogen) atoms. The van der Waals surface area contributed by atoms with E-state index in [1.807, 2.05) is 12.1 Å². The van der Waals surface area contributed by atoms with Crippen molar-refractivity contribution in [2.75, 3.05) is 17.5 Å². The molecular formula is C20H23NO5S. The molecule has 7 heteroatoms. The monoisotopic (exact) mass is 389 g/mol. The van der Waals surface area contributed by atoms with E-state index >= 15 is 0 Å². The number of carbonyl (C=O) groups is 1. The van der Waals surface area contributed by atoms with Crippen LogP contribution in [-0.4, -0.2) is 37.8 Å². The number of hydrogen-bond donors (Lipinski definition) is 2. The van der Waals surface area contributed by atoms with Gasteiger partial charge in [0.15, 0.2) is 0 Å². The lowest BCUT2D eigenvalue weighted by atomic mass is 9.97. The van der Waals surface area contributed by atoms with E-state index in [-0.39, 0.29) is 30.4 Å². The lowest BCUT2D eigenvalue weighted by Crippen LogP contribution is -2.32. The first kappa shape index (κ1) is 19.4. The molecule has 2 N–H and O–H groups in total. The number of hydrogen-bond acceptors (Lipinski definition) is 4. The van der Waals surface area contributed by atoms with Gasteiger partial charge < -0.3 is 10.2 Å². The summed E-state index contributed by atoms with van der Waals surface area (Å²) >= 11 is 0. The maximum atomic E-state index is 13.5. The Balaban J connectivity index is 2.18. The molecule has 0 fully saturated rings. The van der Waals surface area contributed by atoms with E-state index < -0.39 is 16.0 Å². The fraction of sp³-hybridized carbons (Fsp3) is 0.350. The maximum absolute atomic E-state index is 13.5. The van der Waals surface area contributed by atoms with Crippen molar-refractivity contribution in [2.24, 2.45) is 0 Å². The van der Waals surface area contributed by atoms with Crippen molar-refractivity contribution in [1.29, 1.82) is 0 Å². The first-order chi connectivity index (χ1) is 12.7. The predicted octanol–water partition coefficient (Wildman–Crippen LogP) is 2.52. The highest BCUT2D eigenvalue weighted by Gasteiger charge is 2.38. The minimum atomic E-state index is -3.90. The zero-order valence-electron chi connectivity index (χ0n) is 15.6. The number of fused-ring (bicyclic) bond motifs is 1. The molecule has 3 rings (SSSR count). The third kappa shape index (κ3) is 3.21. The Morgan fingerprint density at radius 1 is 1.19 bits per heavy atom. The molecule has 1 atom stereocenters. The van der Waals surface area contributed by atoms with Gasteiger partial charge in [-0.15, -0.1) is 0 Å². The highest BCUT2D eigenvalue weighted by molar-refractivity contribution is 7.93. The number of aliphatic hydroxyl groups is 1. The van der Waals surface area contributed by atoms with Crippen molar-refractivity contribution in [3.05, 3.63) is 58.1 Å². The van der Waals surface area contributed by atoms with E-state index in [2.05, 4.69) is 0 Å². The Kier molecular flexibility index (Phi) is 5.01. The molecule has 0 aromatic heterocycles. The van der Waals surface area contributed by atoms with Gasteiger partial charge in [0.25, 0.3) is 10.0 Å². The zero-order valence-corrected chi connectivity index (χ0v) is 16.4. The van der Waals surface area contributed by atoms with Crippen LogP contribution in [0.15, 0.2) is 35.2 Å². The lowest BCUT2D eigenvalue weighted by molar-refractivity contribution is -0.136. The summed E-state index contributed by atoms with van der Waals surface area (Å²) in [5.41, 5.74) is 3.72. The SMILES string of the molecule is Cc1cc(C)c(S(=O)(=O)N2CC(CO)c3ccccc32)c(C)c1CC(=O)O. The second-order valence-electron chi connectivity index (χ2n) is 6.99. The quantitative estimate of drug-likeness (QED) is 0.819. The molecule has 2 aromatic carbocycles. The normalized spacial score (nSPS) is 16.4. The molecule has 0 bridgehead atoms. The van der Waals surface area contributed by atoms with E-state index in [1.54, 1.807) is 39.0 Å². The summed E-state index contributed by atoms with van der Waals surface area (Å²) in [5.74, 6) is -1.28. The zero-order chi connectivity index (χ0) is 19.9. The van der Waals surface area contributed by atoms with Crippen molar-refractivity contribution >= 4 is 21.7 Å². The van der Waals surface area contributed by atoms with E-state index in [0.717, 1.165) is 11.1 Å². The van der Waals surface area contributed by atoms with E-state index in [4.69, 9.17) is 0 Å². The fourth-order valence-corrected chi connectivity index (χ4v) is 5.97. The minimum Gasteiger partial charge on any atom is -0.481 e. The van der Waals surface area contributed by atoms with Crippen LogP contribution in [0.3, 0.4) is 0 Å². The summed E-state index contributed by atoms with van der Waals surface area (Å²) < 4.78 is 28.4. The van der Waals surface area contributed by atoms with Crippen LogP contribution in [0, 0.1) is 20.8 Å². The molecule has 0 amide bonds. The number of carboxylic acid groups (broad SMARTS) is 1. The second-order valence-corrected chi connectivity index (χ2v) is 8.79. The standard InChI is InChI=1S/C20H23NO5S/c1-12-8-13(2)20(14(3)17(12)9-19(23)24)27(25,26)21-10-15(11-22)16-6-4-5-7-18(16)21/h4-8,15,22H,9-11H2,1-3H3,(H,23,24). The highest BCUT2D eigenvalue weighted by atomic mass is 32.2. The first-order valence-electron chi connectivity index (χ1n) is 8.72. The molecule has 0 aliphatic carbocycles. The highest BCUT2D eigenvalue weighted by Crippen LogP contribution is 2.41. The van der Waals surface area contributed by atoms with Crippen LogP contribution in [0.25, 0.3) is 0 Å². The van der Waals surface area contributed by atoms with E-state index in [1.165, 1.54) is 4.31 Å². The Labute approximate surface area is 159 Å². The molecule has 0 radical (unpaired) electrons. The van der Waals surface area contributed by atoms with Crippen molar-refractivity contribution in [1.82, 2.24) is 0 Å². The van der Waals surface area contributed by atoms with Gasteiger partial charge in [-0.25, -0.2) is 8.42 Å². The van der Waals surface area contributed by atoms with Crippen molar-refractivity contribution in [3.63, 3.8) is 0 Å². The van der Waals surface area contributed by atoms with Crippen LogP contribution >= 0.6 is 0 Å².